The maximum absolute atomic E-state index is 13.0. The van der Waals surface area contributed by atoms with E-state index in [9.17, 15) is 14.7 Å². The number of amides is 1. The Morgan fingerprint density at radius 3 is 2.55 bits per heavy atom. The van der Waals surface area contributed by atoms with Crippen molar-refractivity contribution in [1.29, 1.82) is 0 Å². The minimum absolute atomic E-state index is 0.0964. The molecule has 31 heavy (non-hydrogen) atoms. The molecule has 1 aliphatic heterocycles. The van der Waals surface area contributed by atoms with Crippen LogP contribution in [0.3, 0.4) is 0 Å². The molecule has 9 heteroatoms. The summed E-state index contributed by atoms with van der Waals surface area (Å²) in [7, 11) is 5.24. The maximum Gasteiger partial charge on any atom is 0.295 e. The fourth-order valence-corrected chi connectivity index (χ4v) is 4.22. The normalized spacial score (nSPS) is 18.3. The van der Waals surface area contributed by atoms with E-state index in [0.29, 0.717) is 24.5 Å². The third-order valence-corrected chi connectivity index (χ3v) is 5.54. The van der Waals surface area contributed by atoms with Crippen LogP contribution in [-0.4, -0.2) is 60.9 Å². The quantitative estimate of drug-likeness (QED) is 0.372. The summed E-state index contributed by atoms with van der Waals surface area (Å²) in [5.41, 5.74) is 0.0282. The topological polar surface area (TPSA) is 83.2 Å². The average molecular weight is 467 g/mol. The van der Waals surface area contributed by atoms with Gasteiger partial charge < -0.3 is 24.1 Å². The molecule has 3 rings (SSSR count). The fourth-order valence-electron chi connectivity index (χ4n) is 3.65. The molecule has 0 saturated carbocycles. The summed E-state index contributed by atoms with van der Waals surface area (Å²) >= 11 is 12.3. The van der Waals surface area contributed by atoms with Crippen molar-refractivity contribution in [2.45, 2.75) is 19.4 Å². The van der Waals surface area contributed by atoms with E-state index in [0.717, 1.165) is 6.54 Å². The van der Waals surface area contributed by atoms with Gasteiger partial charge in [-0.25, -0.2) is 0 Å². The van der Waals surface area contributed by atoms with Gasteiger partial charge in [0.15, 0.2) is 0 Å². The highest BCUT2D eigenvalue weighted by Gasteiger charge is 2.47. The zero-order chi connectivity index (χ0) is 22.9. The van der Waals surface area contributed by atoms with Crippen LogP contribution in [0.4, 0.5) is 0 Å². The SMILES string of the molecule is COc1c(Cl)cc(Cl)cc1/C(O)=C1\C(=O)C(=O)N(CCCN(C)C)C1c1ccc(C)o1. The molecule has 7 nitrogen and oxygen atoms in total. The Balaban J connectivity index is 2.17. The van der Waals surface area contributed by atoms with Crippen LogP contribution in [0.2, 0.25) is 10.0 Å². The monoisotopic (exact) mass is 466 g/mol. The number of methoxy groups -OCH3 is 1. The first-order valence-electron chi connectivity index (χ1n) is 9.68. The Bertz CT molecular complexity index is 1040. The number of ketones is 1. The number of Topliss-reactive ketones (excluding diaryl/α,β-unsaturated/α-hetero) is 1. The number of halogens is 2. The van der Waals surface area contributed by atoms with Crippen molar-refractivity contribution in [2.75, 3.05) is 34.3 Å². The fraction of sp³-hybridized carbons (Fsp3) is 0.364. The van der Waals surface area contributed by atoms with Crippen LogP contribution < -0.4 is 4.74 Å². The molecule has 1 N–H and O–H groups in total. The summed E-state index contributed by atoms with van der Waals surface area (Å²) < 4.78 is 11.1. The highest BCUT2D eigenvalue weighted by atomic mass is 35.5. The largest absolute Gasteiger partial charge is 0.507 e. The number of likely N-dealkylation sites (tertiary alicyclic amines) is 1. The number of carbonyl (C=O) groups is 2. The number of aliphatic hydroxyl groups excluding tert-OH is 1. The molecule has 1 unspecified atom stereocenters. The van der Waals surface area contributed by atoms with E-state index in [1.54, 1.807) is 19.1 Å². The average Bonchev–Trinajstić information content (AvgIpc) is 3.23. The van der Waals surface area contributed by atoms with Crippen molar-refractivity contribution in [3.63, 3.8) is 0 Å². The molecular formula is C22H24Cl2N2O5. The van der Waals surface area contributed by atoms with Gasteiger partial charge in [-0.05, 0) is 58.3 Å². The molecule has 1 atom stereocenters. The standard InChI is InChI=1S/C22H24Cl2N2O5/c1-12-6-7-16(31-12)18-17(20(28)22(29)26(18)9-5-8-25(2)3)19(27)14-10-13(23)11-15(24)21(14)30-4/h6-7,10-11,18,27H,5,8-9H2,1-4H3/b19-17+. The summed E-state index contributed by atoms with van der Waals surface area (Å²) in [5, 5.41) is 11.6. The summed E-state index contributed by atoms with van der Waals surface area (Å²) in [6.45, 7) is 2.81. The van der Waals surface area contributed by atoms with Crippen LogP contribution in [0.5, 0.6) is 5.75 Å². The zero-order valence-corrected chi connectivity index (χ0v) is 19.3. The summed E-state index contributed by atoms with van der Waals surface area (Å²) in [5.74, 6) is -0.774. The van der Waals surface area contributed by atoms with Crippen LogP contribution in [0.15, 0.2) is 34.3 Å². The minimum atomic E-state index is -0.877. The van der Waals surface area contributed by atoms with Crippen molar-refractivity contribution >= 4 is 40.7 Å². The van der Waals surface area contributed by atoms with Gasteiger partial charge in [-0.3, -0.25) is 9.59 Å². The van der Waals surface area contributed by atoms with Gasteiger partial charge in [-0.15, -0.1) is 0 Å². The highest BCUT2D eigenvalue weighted by Crippen LogP contribution is 2.43. The number of aliphatic hydroxyl groups is 1. The molecule has 1 saturated heterocycles. The van der Waals surface area contributed by atoms with E-state index in [-0.39, 0.29) is 26.9 Å². The Morgan fingerprint density at radius 2 is 1.97 bits per heavy atom. The lowest BCUT2D eigenvalue weighted by molar-refractivity contribution is -0.140. The number of aryl methyl sites for hydroxylation is 1. The summed E-state index contributed by atoms with van der Waals surface area (Å²) in [4.78, 5) is 29.3. The van der Waals surface area contributed by atoms with Gasteiger partial charge in [0.25, 0.3) is 11.7 Å². The number of carbonyl (C=O) groups excluding carboxylic acids is 2. The van der Waals surface area contributed by atoms with Gasteiger partial charge in [0.2, 0.25) is 0 Å². The van der Waals surface area contributed by atoms with Crippen LogP contribution in [0.1, 0.15) is 29.5 Å². The lowest BCUT2D eigenvalue weighted by Gasteiger charge is -2.24. The van der Waals surface area contributed by atoms with Gasteiger partial charge in [0, 0.05) is 11.6 Å². The van der Waals surface area contributed by atoms with E-state index >= 15 is 0 Å². The number of furan rings is 1. The second kappa shape index (κ2) is 9.34. The number of hydrogen-bond acceptors (Lipinski definition) is 6. The van der Waals surface area contributed by atoms with E-state index < -0.39 is 23.5 Å². The molecule has 1 aromatic carbocycles. The van der Waals surface area contributed by atoms with Crippen molar-refractivity contribution in [2.24, 2.45) is 0 Å². The molecule has 1 amide bonds. The summed E-state index contributed by atoms with van der Waals surface area (Å²) in [6, 6.07) is 5.46. The van der Waals surface area contributed by atoms with Gasteiger partial charge in [0.05, 0.1) is 23.3 Å². The first-order chi connectivity index (χ1) is 14.6. The minimum Gasteiger partial charge on any atom is -0.507 e. The Kier molecular flexibility index (Phi) is 6.99. The predicted octanol–water partition coefficient (Wildman–Crippen LogP) is 4.28. The Labute approximate surface area is 190 Å². The Hall–Kier alpha value is -2.48. The number of benzene rings is 1. The molecule has 0 spiro atoms. The molecule has 2 aromatic rings. The van der Waals surface area contributed by atoms with Gasteiger partial charge >= 0.3 is 0 Å². The van der Waals surface area contributed by atoms with Gasteiger partial charge in [-0.2, -0.15) is 0 Å². The van der Waals surface area contributed by atoms with E-state index in [1.165, 1.54) is 24.1 Å². The molecule has 0 radical (unpaired) electrons. The van der Waals surface area contributed by atoms with Gasteiger partial charge in [-0.1, -0.05) is 23.2 Å². The second-order valence-corrected chi connectivity index (χ2v) is 8.41. The Morgan fingerprint density at radius 1 is 1.26 bits per heavy atom. The molecule has 1 aromatic heterocycles. The molecule has 0 aliphatic carbocycles. The molecule has 166 valence electrons. The smallest absolute Gasteiger partial charge is 0.295 e. The van der Waals surface area contributed by atoms with Crippen LogP contribution in [0, 0.1) is 6.92 Å². The van der Waals surface area contributed by atoms with Crippen molar-refractivity contribution in [1.82, 2.24) is 9.80 Å². The lowest BCUT2D eigenvalue weighted by Crippen LogP contribution is -2.32. The molecule has 2 heterocycles. The first kappa shape index (κ1) is 23.2. The number of hydrogen-bond donors (Lipinski definition) is 1. The van der Waals surface area contributed by atoms with E-state index in [1.807, 2.05) is 19.0 Å². The first-order valence-corrected chi connectivity index (χ1v) is 10.4. The number of rotatable bonds is 7. The van der Waals surface area contributed by atoms with Crippen molar-refractivity contribution < 1.29 is 23.8 Å². The third-order valence-electron chi connectivity index (χ3n) is 5.04. The molecule has 1 aliphatic rings. The maximum atomic E-state index is 13.0. The predicted molar refractivity (Wildman–Crippen MR) is 119 cm³/mol. The number of ether oxygens (including phenoxy) is 1. The van der Waals surface area contributed by atoms with Gasteiger partial charge in [0.1, 0.15) is 29.1 Å². The molecule has 0 bridgehead atoms. The highest BCUT2D eigenvalue weighted by molar-refractivity contribution is 6.46. The second-order valence-electron chi connectivity index (χ2n) is 7.57. The summed E-state index contributed by atoms with van der Waals surface area (Å²) in [6.07, 6.45) is 0.641. The lowest BCUT2D eigenvalue weighted by atomic mass is 9.98. The van der Waals surface area contributed by atoms with E-state index in [4.69, 9.17) is 32.4 Å². The van der Waals surface area contributed by atoms with Crippen LogP contribution in [-0.2, 0) is 9.59 Å². The van der Waals surface area contributed by atoms with E-state index in [2.05, 4.69) is 0 Å². The van der Waals surface area contributed by atoms with Crippen molar-refractivity contribution in [3.8, 4) is 5.75 Å². The third kappa shape index (κ3) is 4.59. The zero-order valence-electron chi connectivity index (χ0n) is 17.7. The number of nitrogens with zero attached hydrogens (tertiary/aromatic N) is 2. The van der Waals surface area contributed by atoms with Crippen LogP contribution >= 0.6 is 23.2 Å². The molecule has 1 fully saturated rings. The van der Waals surface area contributed by atoms with Crippen LogP contribution in [0.25, 0.3) is 5.76 Å². The molecular weight excluding hydrogens is 443 g/mol. The van der Waals surface area contributed by atoms with Crippen molar-refractivity contribution in [3.05, 3.63) is 57.0 Å².